The smallest absolute Gasteiger partial charge is 0.0948 e. The number of nitrogens with zero attached hydrogens (tertiary/aromatic N) is 1. The van der Waals surface area contributed by atoms with E-state index >= 15 is 0 Å². The number of aliphatic hydroxyl groups is 1. The molecule has 2 aromatic rings. The molecule has 0 heterocycles. The summed E-state index contributed by atoms with van der Waals surface area (Å²) in [5.74, 6) is 0. The van der Waals surface area contributed by atoms with Crippen LogP contribution in [-0.4, -0.2) is 30.1 Å². The quantitative estimate of drug-likeness (QED) is 0.874. The molecule has 2 atom stereocenters. The minimum absolute atomic E-state index is 0.0980. The van der Waals surface area contributed by atoms with Crippen LogP contribution >= 0.6 is 0 Å². The lowest BCUT2D eigenvalue weighted by atomic mass is 9.96. The fourth-order valence-electron chi connectivity index (χ4n) is 2.05. The van der Waals surface area contributed by atoms with Gasteiger partial charge in [-0.15, -0.1) is 0 Å². The summed E-state index contributed by atoms with van der Waals surface area (Å²) in [7, 11) is 3.97. The molecule has 0 bridgehead atoms. The molecule has 90 valence electrons. The van der Waals surface area contributed by atoms with Gasteiger partial charge < -0.3 is 10.0 Å². The molecule has 2 rings (SSSR count). The second-order valence-corrected chi connectivity index (χ2v) is 4.72. The van der Waals surface area contributed by atoms with E-state index in [4.69, 9.17) is 0 Å². The van der Waals surface area contributed by atoms with E-state index in [0.717, 1.165) is 10.9 Å². The van der Waals surface area contributed by atoms with E-state index in [1.165, 1.54) is 5.39 Å². The molecule has 0 aliphatic rings. The first-order chi connectivity index (χ1) is 8.11. The normalized spacial score (nSPS) is 15.1. The third-order valence-electron chi connectivity index (χ3n) is 3.41. The summed E-state index contributed by atoms with van der Waals surface area (Å²) < 4.78 is 0. The van der Waals surface area contributed by atoms with E-state index in [9.17, 15) is 5.11 Å². The highest BCUT2D eigenvalue weighted by atomic mass is 16.3. The van der Waals surface area contributed by atoms with Gasteiger partial charge in [0.25, 0.3) is 0 Å². The minimum Gasteiger partial charge on any atom is -0.387 e. The predicted molar refractivity (Wildman–Crippen MR) is 72.1 cm³/mol. The van der Waals surface area contributed by atoms with Crippen LogP contribution < -0.4 is 0 Å². The summed E-state index contributed by atoms with van der Waals surface area (Å²) >= 11 is 0. The Hall–Kier alpha value is -1.38. The van der Waals surface area contributed by atoms with Crippen LogP contribution in [0.25, 0.3) is 10.8 Å². The molecular weight excluding hydrogens is 210 g/mol. The van der Waals surface area contributed by atoms with E-state index in [-0.39, 0.29) is 6.04 Å². The third kappa shape index (κ3) is 2.33. The number of aliphatic hydroxyl groups excluding tert-OH is 1. The van der Waals surface area contributed by atoms with Crippen molar-refractivity contribution < 1.29 is 5.11 Å². The molecule has 0 aromatic heterocycles. The van der Waals surface area contributed by atoms with Crippen LogP contribution in [0, 0.1) is 0 Å². The molecule has 2 nitrogen and oxygen atoms in total. The van der Waals surface area contributed by atoms with Crippen molar-refractivity contribution in [3.8, 4) is 0 Å². The average Bonchev–Trinajstić information content (AvgIpc) is 2.36. The van der Waals surface area contributed by atoms with Gasteiger partial charge in [-0.25, -0.2) is 0 Å². The number of fused-ring (bicyclic) bond motifs is 1. The van der Waals surface area contributed by atoms with Gasteiger partial charge in [0.05, 0.1) is 6.10 Å². The van der Waals surface area contributed by atoms with Crippen molar-refractivity contribution in [3.05, 3.63) is 48.0 Å². The highest BCUT2D eigenvalue weighted by molar-refractivity contribution is 5.86. The maximum Gasteiger partial charge on any atom is 0.0948 e. The van der Waals surface area contributed by atoms with Crippen molar-refractivity contribution in [1.82, 2.24) is 4.90 Å². The zero-order valence-electron chi connectivity index (χ0n) is 10.6. The lowest BCUT2D eigenvalue weighted by Crippen LogP contribution is -2.31. The van der Waals surface area contributed by atoms with E-state index in [0.29, 0.717) is 0 Å². The highest BCUT2D eigenvalue weighted by Crippen LogP contribution is 2.27. The molecular formula is C15H19NO. The van der Waals surface area contributed by atoms with Crippen LogP contribution in [0.15, 0.2) is 42.5 Å². The Morgan fingerprint density at radius 1 is 1.00 bits per heavy atom. The van der Waals surface area contributed by atoms with Gasteiger partial charge in [-0.1, -0.05) is 42.5 Å². The fourth-order valence-corrected chi connectivity index (χ4v) is 2.05. The van der Waals surface area contributed by atoms with Gasteiger partial charge in [0.2, 0.25) is 0 Å². The van der Waals surface area contributed by atoms with E-state index in [2.05, 4.69) is 18.2 Å². The van der Waals surface area contributed by atoms with Crippen LogP contribution in [0.3, 0.4) is 0 Å². The predicted octanol–water partition coefficient (Wildman–Crippen LogP) is 2.82. The van der Waals surface area contributed by atoms with Crippen molar-refractivity contribution in [2.45, 2.75) is 19.1 Å². The van der Waals surface area contributed by atoms with Crippen molar-refractivity contribution in [3.63, 3.8) is 0 Å². The van der Waals surface area contributed by atoms with Gasteiger partial charge in [0, 0.05) is 6.04 Å². The molecule has 2 heteroatoms. The highest BCUT2D eigenvalue weighted by Gasteiger charge is 2.19. The molecule has 0 radical (unpaired) electrons. The Bertz CT molecular complexity index is 502. The van der Waals surface area contributed by atoms with Crippen molar-refractivity contribution >= 4 is 10.8 Å². The number of rotatable bonds is 3. The first kappa shape index (κ1) is 12.1. The van der Waals surface area contributed by atoms with E-state index < -0.39 is 6.10 Å². The van der Waals surface area contributed by atoms with Gasteiger partial charge in [-0.3, -0.25) is 0 Å². The van der Waals surface area contributed by atoms with Gasteiger partial charge in [-0.2, -0.15) is 0 Å². The van der Waals surface area contributed by atoms with Crippen LogP contribution in [0.4, 0.5) is 0 Å². The molecule has 0 saturated heterocycles. The first-order valence-electron chi connectivity index (χ1n) is 5.93. The summed E-state index contributed by atoms with van der Waals surface area (Å²) in [5, 5.41) is 12.7. The molecule has 0 unspecified atom stereocenters. The largest absolute Gasteiger partial charge is 0.387 e. The number of likely N-dealkylation sites (N-methyl/N-ethyl adjacent to an activating group) is 1. The lowest BCUT2D eigenvalue weighted by Gasteiger charge is -2.26. The Morgan fingerprint density at radius 3 is 2.35 bits per heavy atom. The minimum atomic E-state index is -0.462. The monoisotopic (exact) mass is 229 g/mol. The zero-order chi connectivity index (χ0) is 12.4. The standard InChI is InChI=1S/C15H19NO/c1-11(16(2)3)15(17)14-10-6-8-12-7-4-5-9-13(12)14/h4-11,15,17H,1-3H3/t11-,15-/m0/s1. The summed E-state index contributed by atoms with van der Waals surface area (Å²) in [5.41, 5.74) is 1.00. The average molecular weight is 229 g/mol. The number of hydrogen-bond acceptors (Lipinski definition) is 2. The maximum atomic E-state index is 10.4. The zero-order valence-corrected chi connectivity index (χ0v) is 10.6. The summed E-state index contributed by atoms with van der Waals surface area (Å²) in [6.45, 7) is 2.03. The third-order valence-corrected chi connectivity index (χ3v) is 3.41. The second kappa shape index (κ2) is 4.86. The molecule has 0 spiro atoms. The van der Waals surface area contributed by atoms with Crippen LogP contribution in [0.1, 0.15) is 18.6 Å². The number of benzene rings is 2. The molecule has 1 N–H and O–H groups in total. The van der Waals surface area contributed by atoms with E-state index in [1.807, 2.05) is 50.2 Å². The lowest BCUT2D eigenvalue weighted by molar-refractivity contribution is 0.0870. The van der Waals surface area contributed by atoms with Gasteiger partial charge in [0.15, 0.2) is 0 Å². The summed E-state index contributed by atoms with van der Waals surface area (Å²) in [6, 6.07) is 14.4. The topological polar surface area (TPSA) is 23.5 Å². The maximum absolute atomic E-state index is 10.4. The van der Waals surface area contributed by atoms with Gasteiger partial charge >= 0.3 is 0 Å². The van der Waals surface area contributed by atoms with Crippen molar-refractivity contribution in [1.29, 1.82) is 0 Å². The van der Waals surface area contributed by atoms with Crippen molar-refractivity contribution in [2.24, 2.45) is 0 Å². The first-order valence-corrected chi connectivity index (χ1v) is 5.93. The molecule has 0 aliphatic heterocycles. The Morgan fingerprint density at radius 2 is 1.65 bits per heavy atom. The van der Waals surface area contributed by atoms with Crippen LogP contribution in [-0.2, 0) is 0 Å². The SMILES string of the molecule is C[C@@H]([C@H](O)c1cccc2ccccc12)N(C)C. The molecule has 0 fully saturated rings. The molecule has 0 saturated carbocycles. The Kier molecular flexibility index (Phi) is 3.46. The van der Waals surface area contributed by atoms with E-state index in [1.54, 1.807) is 0 Å². The molecule has 0 amide bonds. The second-order valence-electron chi connectivity index (χ2n) is 4.72. The molecule has 17 heavy (non-hydrogen) atoms. The van der Waals surface area contributed by atoms with Gasteiger partial charge in [-0.05, 0) is 37.4 Å². The Labute approximate surface area is 102 Å². The fraction of sp³-hybridized carbons (Fsp3) is 0.333. The summed E-state index contributed by atoms with van der Waals surface area (Å²) in [4.78, 5) is 2.03. The number of hydrogen-bond donors (Lipinski definition) is 1. The molecule has 0 aliphatic carbocycles. The molecule has 2 aromatic carbocycles. The van der Waals surface area contributed by atoms with Crippen LogP contribution in [0.5, 0.6) is 0 Å². The van der Waals surface area contributed by atoms with Crippen molar-refractivity contribution in [2.75, 3.05) is 14.1 Å². The van der Waals surface area contributed by atoms with Crippen LogP contribution in [0.2, 0.25) is 0 Å². The Balaban J connectivity index is 2.48. The summed E-state index contributed by atoms with van der Waals surface area (Å²) in [6.07, 6.45) is -0.462. The van der Waals surface area contributed by atoms with Gasteiger partial charge in [0.1, 0.15) is 0 Å².